The minimum absolute atomic E-state index is 0.0572. The Morgan fingerprint density at radius 2 is 0.587 bits per heavy atom. The van der Waals surface area contributed by atoms with E-state index in [2.05, 4.69) is 26.0 Å². The lowest BCUT2D eigenvalue weighted by molar-refractivity contribution is -0.161. The van der Waals surface area contributed by atoms with Crippen molar-refractivity contribution in [2.75, 3.05) is 13.2 Å². The predicted molar refractivity (Wildman–Crippen MR) is 275 cm³/mol. The highest BCUT2D eigenvalue weighted by atomic mass is 16.6. The molecule has 374 valence electrons. The quantitative estimate of drug-likeness (QED) is 0.0374. The highest BCUT2D eigenvalue weighted by molar-refractivity contribution is 5.70. The van der Waals surface area contributed by atoms with E-state index < -0.39 is 6.10 Å². The van der Waals surface area contributed by atoms with Gasteiger partial charge >= 0.3 is 11.9 Å². The third-order valence-electron chi connectivity index (χ3n) is 13.3. The van der Waals surface area contributed by atoms with Crippen LogP contribution in [-0.2, 0) is 19.1 Å². The van der Waals surface area contributed by atoms with Crippen LogP contribution in [0.3, 0.4) is 0 Å². The second kappa shape index (κ2) is 55.0. The summed E-state index contributed by atoms with van der Waals surface area (Å²) < 4.78 is 10.7. The molecule has 0 aromatic heterocycles. The fourth-order valence-corrected chi connectivity index (χ4v) is 8.97. The van der Waals surface area contributed by atoms with Gasteiger partial charge in [0.05, 0.1) is 6.61 Å². The predicted octanol–water partition coefficient (Wildman–Crippen LogP) is 19.1. The van der Waals surface area contributed by atoms with E-state index in [1.165, 1.54) is 270 Å². The molecule has 0 rings (SSSR count). The van der Waals surface area contributed by atoms with Gasteiger partial charge in [-0.1, -0.05) is 289 Å². The molecule has 0 fully saturated rings. The van der Waals surface area contributed by atoms with E-state index in [0.29, 0.717) is 12.8 Å². The van der Waals surface area contributed by atoms with E-state index in [9.17, 15) is 14.7 Å². The van der Waals surface area contributed by atoms with Crippen LogP contribution < -0.4 is 0 Å². The largest absolute Gasteiger partial charge is 0.462 e. The van der Waals surface area contributed by atoms with E-state index >= 15 is 0 Å². The van der Waals surface area contributed by atoms with Gasteiger partial charge in [0.1, 0.15) is 6.61 Å². The van der Waals surface area contributed by atoms with Gasteiger partial charge in [0.15, 0.2) is 6.10 Å². The first kappa shape index (κ1) is 61.6. The Morgan fingerprint density at radius 3 is 0.857 bits per heavy atom. The molecule has 0 aliphatic carbocycles. The first-order valence-corrected chi connectivity index (χ1v) is 28.7. The number of hydrogen-bond donors (Lipinski definition) is 1. The Balaban J connectivity index is 3.39. The van der Waals surface area contributed by atoms with Gasteiger partial charge in [-0.2, -0.15) is 0 Å². The molecule has 5 heteroatoms. The number of unbranched alkanes of at least 4 members (excludes halogenated alkanes) is 44. The van der Waals surface area contributed by atoms with Crippen LogP contribution in [0.25, 0.3) is 0 Å². The van der Waals surface area contributed by atoms with E-state index in [-0.39, 0.29) is 25.2 Å². The van der Waals surface area contributed by atoms with Crippen molar-refractivity contribution in [2.45, 2.75) is 335 Å². The second-order valence-corrected chi connectivity index (χ2v) is 19.7. The summed E-state index contributed by atoms with van der Waals surface area (Å²) in [4.78, 5) is 24.5. The van der Waals surface area contributed by atoms with Gasteiger partial charge in [-0.3, -0.25) is 9.59 Å². The first-order chi connectivity index (χ1) is 31.1. The zero-order valence-electron chi connectivity index (χ0n) is 42.9. The standard InChI is InChI=1S/C58H112O5/c1-3-5-7-9-11-13-15-17-19-21-23-24-25-26-27-28-29-30-31-32-33-34-35-37-39-41-43-45-47-49-51-53-58(61)63-56(54-59)55-62-57(60)52-50-48-46-44-42-40-38-36-22-20-18-16-14-12-10-8-6-4-2/h21,23,56,59H,3-20,22,24-55H2,1-2H3/b23-21-. The average molecular weight is 890 g/mol. The van der Waals surface area contributed by atoms with E-state index in [1.807, 2.05) is 0 Å². The van der Waals surface area contributed by atoms with Gasteiger partial charge in [0.25, 0.3) is 0 Å². The molecule has 0 amide bonds. The maximum atomic E-state index is 12.3. The molecule has 0 saturated heterocycles. The van der Waals surface area contributed by atoms with Gasteiger partial charge in [-0.25, -0.2) is 0 Å². The summed E-state index contributed by atoms with van der Waals surface area (Å²) in [5.41, 5.74) is 0. The van der Waals surface area contributed by atoms with E-state index in [0.717, 1.165) is 32.1 Å². The van der Waals surface area contributed by atoms with Crippen LogP contribution in [0.1, 0.15) is 328 Å². The second-order valence-electron chi connectivity index (χ2n) is 19.7. The Bertz CT molecular complexity index is 917. The lowest BCUT2D eigenvalue weighted by atomic mass is 10.0. The van der Waals surface area contributed by atoms with Gasteiger partial charge in [0.2, 0.25) is 0 Å². The molecule has 0 radical (unpaired) electrons. The van der Waals surface area contributed by atoms with Crippen LogP contribution in [0.4, 0.5) is 0 Å². The number of rotatable bonds is 54. The van der Waals surface area contributed by atoms with Gasteiger partial charge in [0, 0.05) is 12.8 Å². The van der Waals surface area contributed by atoms with Gasteiger partial charge in [-0.05, 0) is 38.5 Å². The van der Waals surface area contributed by atoms with Crippen molar-refractivity contribution in [3.63, 3.8) is 0 Å². The molecule has 0 spiro atoms. The lowest BCUT2D eigenvalue weighted by Crippen LogP contribution is -2.28. The van der Waals surface area contributed by atoms with Crippen LogP contribution in [0, 0.1) is 0 Å². The van der Waals surface area contributed by atoms with Crippen LogP contribution in [0.5, 0.6) is 0 Å². The van der Waals surface area contributed by atoms with E-state index in [1.54, 1.807) is 0 Å². The number of esters is 2. The molecule has 0 bridgehead atoms. The monoisotopic (exact) mass is 889 g/mol. The zero-order valence-corrected chi connectivity index (χ0v) is 42.9. The summed E-state index contributed by atoms with van der Waals surface area (Å²) in [6.45, 7) is 4.20. The number of aliphatic hydroxyl groups is 1. The molecule has 0 heterocycles. The molecule has 5 nitrogen and oxygen atoms in total. The topological polar surface area (TPSA) is 72.8 Å². The number of carbonyl (C=O) groups excluding carboxylic acids is 2. The minimum atomic E-state index is -0.765. The Kier molecular flexibility index (Phi) is 53.8. The molecule has 63 heavy (non-hydrogen) atoms. The Morgan fingerprint density at radius 1 is 0.349 bits per heavy atom. The summed E-state index contributed by atoms with van der Waals surface area (Å²) in [7, 11) is 0. The molecule has 0 aliphatic heterocycles. The molecule has 0 aromatic rings. The average Bonchev–Trinajstić information content (AvgIpc) is 3.29. The summed E-state index contributed by atoms with van der Waals surface area (Å²) in [6, 6.07) is 0. The van der Waals surface area contributed by atoms with Gasteiger partial charge in [-0.15, -0.1) is 0 Å². The van der Waals surface area contributed by atoms with Crippen molar-refractivity contribution in [2.24, 2.45) is 0 Å². The van der Waals surface area contributed by atoms with Crippen LogP contribution in [0.2, 0.25) is 0 Å². The van der Waals surface area contributed by atoms with Crippen molar-refractivity contribution in [3.8, 4) is 0 Å². The highest BCUT2D eigenvalue weighted by Crippen LogP contribution is 2.18. The lowest BCUT2D eigenvalue weighted by Gasteiger charge is -2.15. The summed E-state index contributed by atoms with van der Waals surface area (Å²) in [6.07, 6.45) is 67.7. The summed E-state index contributed by atoms with van der Waals surface area (Å²) in [5, 5.41) is 9.64. The van der Waals surface area contributed by atoms with Crippen molar-refractivity contribution < 1.29 is 24.2 Å². The number of allylic oxidation sites excluding steroid dienone is 2. The number of hydrogen-bond acceptors (Lipinski definition) is 5. The maximum absolute atomic E-state index is 12.3. The molecule has 1 unspecified atom stereocenters. The smallest absolute Gasteiger partial charge is 0.306 e. The minimum Gasteiger partial charge on any atom is -0.462 e. The molecular formula is C58H112O5. The fraction of sp³-hybridized carbons (Fsp3) is 0.931. The molecule has 0 aliphatic rings. The van der Waals surface area contributed by atoms with Crippen molar-refractivity contribution in [3.05, 3.63) is 12.2 Å². The van der Waals surface area contributed by atoms with Crippen LogP contribution in [0.15, 0.2) is 12.2 Å². The first-order valence-electron chi connectivity index (χ1n) is 28.7. The third-order valence-corrected chi connectivity index (χ3v) is 13.3. The Hall–Kier alpha value is -1.36. The molecule has 0 saturated carbocycles. The zero-order chi connectivity index (χ0) is 45.6. The van der Waals surface area contributed by atoms with Gasteiger partial charge < -0.3 is 14.6 Å². The van der Waals surface area contributed by atoms with Crippen LogP contribution >= 0.6 is 0 Å². The molecule has 1 N–H and O–H groups in total. The number of aliphatic hydroxyl groups excluding tert-OH is 1. The van der Waals surface area contributed by atoms with E-state index in [4.69, 9.17) is 9.47 Å². The molecule has 1 atom stereocenters. The van der Waals surface area contributed by atoms with Crippen molar-refractivity contribution in [1.29, 1.82) is 0 Å². The SMILES string of the molecule is CCCCCCCCCC/C=C\CCCCCCCCCCCCCCCCCCCCCC(=O)OC(CO)COC(=O)CCCCCCCCCCCCCCCCCCCC. The molecular weight excluding hydrogens is 777 g/mol. The Labute approximate surface area is 394 Å². The normalized spacial score (nSPS) is 12.1. The third kappa shape index (κ3) is 53.1. The summed E-state index contributed by atoms with van der Waals surface area (Å²) in [5.74, 6) is -0.567. The highest BCUT2D eigenvalue weighted by Gasteiger charge is 2.16. The molecule has 0 aromatic carbocycles. The van der Waals surface area contributed by atoms with Crippen molar-refractivity contribution in [1.82, 2.24) is 0 Å². The number of ether oxygens (including phenoxy) is 2. The fourth-order valence-electron chi connectivity index (χ4n) is 8.97. The van der Waals surface area contributed by atoms with Crippen LogP contribution in [-0.4, -0.2) is 36.4 Å². The summed E-state index contributed by atoms with van der Waals surface area (Å²) >= 11 is 0. The van der Waals surface area contributed by atoms with Crippen molar-refractivity contribution >= 4 is 11.9 Å². The maximum Gasteiger partial charge on any atom is 0.306 e. The number of carbonyl (C=O) groups is 2.